The monoisotopic (exact) mass is 371 g/mol. The molecule has 0 spiro atoms. The molecule has 0 aliphatic carbocycles. The van der Waals surface area contributed by atoms with Crippen molar-refractivity contribution in [3.63, 3.8) is 0 Å². The second kappa shape index (κ2) is 9.77. The van der Waals surface area contributed by atoms with Crippen molar-refractivity contribution in [2.45, 2.75) is 13.1 Å². The minimum absolute atomic E-state index is 0.0290. The van der Waals surface area contributed by atoms with Gasteiger partial charge in [-0.05, 0) is 17.0 Å². The standard InChI is InChI=1S/C20H25N3O2S/c1-4-12-22(20(25)21(2)3)16-19(24)23(15-18-11-8-13-26-18)14-17-9-6-5-7-10-17/h4-11,13H,1,12,14-16H2,2-3H3. The molecule has 5 nitrogen and oxygen atoms in total. The molecule has 2 rings (SSSR count). The van der Waals surface area contributed by atoms with E-state index in [4.69, 9.17) is 0 Å². The Morgan fingerprint density at radius 1 is 1.04 bits per heavy atom. The molecule has 0 N–H and O–H groups in total. The Kier molecular flexibility index (Phi) is 7.41. The summed E-state index contributed by atoms with van der Waals surface area (Å²) in [7, 11) is 3.35. The zero-order valence-electron chi connectivity index (χ0n) is 15.3. The molecule has 6 heteroatoms. The molecular formula is C20H25N3O2S. The molecule has 1 heterocycles. The van der Waals surface area contributed by atoms with Crippen LogP contribution in [-0.4, -0.2) is 53.8 Å². The lowest BCUT2D eigenvalue weighted by molar-refractivity contribution is -0.133. The lowest BCUT2D eigenvalue weighted by atomic mass is 10.2. The highest BCUT2D eigenvalue weighted by Crippen LogP contribution is 2.15. The molecule has 26 heavy (non-hydrogen) atoms. The van der Waals surface area contributed by atoms with Gasteiger partial charge in [0, 0.05) is 32.1 Å². The topological polar surface area (TPSA) is 43.9 Å². The van der Waals surface area contributed by atoms with E-state index in [2.05, 4.69) is 6.58 Å². The van der Waals surface area contributed by atoms with E-state index in [1.807, 2.05) is 47.8 Å². The first-order chi connectivity index (χ1) is 12.5. The average molecular weight is 372 g/mol. The summed E-state index contributed by atoms with van der Waals surface area (Å²) >= 11 is 1.62. The number of rotatable bonds is 8. The quantitative estimate of drug-likeness (QED) is 0.667. The minimum Gasteiger partial charge on any atom is -0.332 e. The molecule has 0 atom stereocenters. The summed E-state index contributed by atoms with van der Waals surface area (Å²) in [4.78, 5) is 31.1. The molecule has 0 fully saturated rings. The van der Waals surface area contributed by atoms with E-state index < -0.39 is 0 Å². The van der Waals surface area contributed by atoms with E-state index >= 15 is 0 Å². The predicted octanol–water partition coefficient (Wildman–Crippen LogP) is 3.45. The molecule has 0 saturated carbocycles. The predicted molar refractivity (Wildman–Crippen MR) is 106 cm³/mol. The maximum atomic E-state index is 13.0. The number of amides is 3. The van der Waals surface area contributed by atoms with Crippen LogP contribution in [0.1, 0.15) is 10.4 Å². The SMILES string of the molecule is C=CCN(CC(=O)N(Cc1ccccc1)Cc1cccs1)C(=O)N(C)C. The van der Waals surface area contributed by atoms with Crippen molar-refractivity contribution in [3.8, 4) is 0 Å². The molecule has 3 amide bonds. The van der Waals surface area contributed by atoms with Crippen LogP contribution in [0.15, 0.2) is 60.5 Å². The highest BCUT2D eigenvalue weighted by atomic mass is 32.1. The van der Waals surface area contributed by atoms with Crippen molar-refractivity contribution >= 4 is 23.3 Å². The van der Waals surface area contributed by atoms with Crippen LogP contribution >= 0.6 is 11.3 Å². The van der Waals surface area contributed by atoms with E-state index in [1.54, 1.807) is 36.4 Å². The highest BCUT2D eigenvalue weighted by Gasteiger charge is 2.22. The first-order valence-corrected chi connectivity index (χ1v) is 9.30. The number of benzene rings is 1. The Morgan fingerprint density at radius 2 is 1.77 bits per heavy atom. The molecule has 138 valence electrons. The first kappa shape index (κ1) is 19.7. The average Bonchev–Trinajstić information content (AvgIpc) is 3.14. The van der Waals surface area contributed by atoms with E-state index in [0.717, 1.165) is 10.4 Å². The molecule has 2 aromatic rings. The third-order valence-electron chi connectivity index (χ3n) is 3.82. The lowest BCUT2D eigenvalue weighted by Crippen LogP contribution is -2.46. The molecule has 0 bridgehead atoms. The van der Waals surface area contributed by atoms with Gasteiger partial charge in [-0.25, -0.2) is 4.79 Å². The van der Waals surface area contributed by atoms with Crippen molar-refractivity contribution < 1.29 is 9.59 Å². The van der Waals surface area contributed by atoms with Crippen LogP contribution in [0.25, 0.3) is 0 Å². The summed E-state index contributed by atoms with van der Waals surface area (Å²) < 4.78 is 0. The van der Waals surface area contributed by atoms with E-state index in [9.17, 15) is 9.59 Å². The summed E-state index contributed by atoms with van der Waals surface area (Å²) in [5.41, 5.74) is 1.06. The molecule has 1 aromatic heterocycles. The van der Waals surface area contributed by atoms with Crippen molar-refractivity contribution in [2.24, 2.45) is 0 Å². The Hall–Kier alpha value is -2.60. The Balaban J connectivity index is 2.15. The van der Waals surface area contributed by atoms with Gasteiger partial charge >= 0.3 is 6.03 Å². The zero-order chi connectivity index (χ0) is 18.9. The van der Waals surface area contributed by atoms with Gasteiger partial charge in [-0.3, -0.25) is 4.79 Å². The van der Waals surface area contributed by atoms with E-state index in [-0.39, 0.29) is 18.5 Å². The van der Waals surface area contributed by atoms with Crippen LogP contribution in [0, 0.1) is 0 Å². The summed E-state index contributed by atoms with van der Waals surface area (Å²) in [6.07, 6.45) is 1.63. The highest BCUT2D eigenvalue weighted by molar-refractivity contribution is 7.09. The lowest BCUT2D eigenvalue weighted by Gasteiger charge is -2.28. The van der Waals surface area contributed by atoms with Crippen LogP contribution in [0.2, 0.25) is 0 Å². The number of nitrogens with zero attached hydrogens (tertiary/aromatic N) is 3. The van der Waals surface area contributed by atoms with Gasteiger partial charge in [-0.2, -0.15) is 0 Å². The van der Waals surface area contributed by atoms with Crippen LogP contribution in [0.3, 0.4) is 0 Å². The van der Waals surface area contributed by atoms with Crippen LogP contribution in [0.5, 0.6) is 0 Å². The van der Waals surface area contributed by atoms with Gasteiger partial charge in [0.05, 0.1) is 6.54 Å². The largest absolute Gasteiger partial charge is 0.332 e. The first-order valence-electron chi connectivity index (χ1n) is 8.42. The maximum absolute atomic E-state index is 13.0. The van der Waals surface area contributed by atoms with Crippen molar-refractivity contribution in [1.82, 2.24) is 14.7 Å². The number of thiophene rings is 1. The summed E-state index contributed by atoms with van der Waals surface area (Å²) in [5.74, 6) is -0.0840. The van der Waals surface area contributed by atoms with Gasteiger partial charge in [0.2, 0.25) is 5.91 Å². The van der Waals surface area contributed by atoms with Gasteiger partial charge in [-0.15, -0.1) is 17.9 Å². The van der Waals surface area contributed by atoms with Gasteiger partial charge in [-0.1, -0.05) is 42.5 Å². The minimum atomic E-state index is -0.200. The molecule has 0 unspecified atom stereocenters. The normalized spacial score (nSPS) is 10.2. The fourth-order valence-corrected chi connectivity index (χ4v) is 3.26. The molecule has 0 aliphatic heterocycles. The van der Waals surface area contributed by atoms with E-state index in [0.29, 0.717) is 19.6 Å². The number of urea groups is 1. The maximum Gasteiger partial charge on any atom is 0.320 e. The smallest absolute Gasteiger partial charge is 0.320 e. The second-order valence-electron chi connectivity index (χ2n) is 6.16. The third kappa shape index (κ3) is 5.74. The Morgan fingerprint density at radius 3 is 2.35 bits per heavy atom. The Bertz CT molecular complexity index is 714. The number of carbonyl (C=O) groups excluding carboxylic acids is 2. The van der Waals surface area contributed by atoms with Gasteiger partial charge in [0.15, 0.2) is 0 Å². The molecule has 0 aliphatic rings. The number of hydrogen-bond acceptors (Lipinski definition) is 3. The van der Waals surface area contributed by atoms with Gasteiger partial charge < -0.3 is 14.7 Å². The summed E-state index contributed by atoms with van der Waals surface area (Å²) in [6, 6.07) is 13.7. The fraction of sp³-hybridized carbons (Fsp3) is 0.300. The molecule has 0 saturated heterocycles. The fourth-order valence-electron chi connectivity index (χ4n) is 2.54. The van der Waals surface area contributed by atoms with Crippen LogP contribution in [-0.2, 0) is 17.9 Å². The second-order valence-corrected chi connectivity index (χ2v) is 7.19. The molecular weight excluding hydrogens is 346 g/mol. The third-order valence-corrected chi connectivity index (χ3v) is 4.69. The zero-order valence-corrected chi connectivity index (χ0v) is 16.1. The number of hydrogen-bond donors (Lipinski definition) is 0. The van der Waals surface area contributed by atoms with Crippen LogP contribution < -0.4 is 0 Å². The van der Waals surface area contributed by atoms with Crippen molar-refractivity contribution in [2.75, 3.05) is 27.2 Å². The van der Waals surface area contributed by atoms with Gasteiger partial charge in [0.25, 0.3) is 0 Å². The molecule has 0 radical (unpaired) electrons. The van der Waals surface area contributed by atoms with Gasteiger partial charge in [0.1, 0.15) is 6.54 Å². The van der Waals surface area contributed by atoms with Crippen LogP contribution in [0.4, 0.5) is 4.79 Å². The van der Waals surface area contributed by atoms with Crippen molar-refractivity contribution in [1.29, 1.82) is 0 Å². The summed E-state index contributed by atoms with van der Waals surface area (Å²) in [5, 5.41) is 2.00. The number of carbonyl (C=O) groups is 2. The summed E-state index contributed by atoms with van der Waals surface area (Å²) in [6.45, 7) is 5.09. The van der Waals surface area contributed by atoms with E-state index in [1.165, 1.54) is 9.80 Å². The van der Waals surface area contributed by atoms with Crippen molar-refractivity contribution in [3.05, 3.63) is 70.9 Å². The molecule has 1 aromatic carbocycles. The Labute approximate surface area is 159 Å².